The molecule has 1 fully saturated rings. The summed E-state index contributed by atoms with van der Waals surface area (Å²) >= 11 is 0. The van der Waals surface area contributed by atoms with Crippen molar-refractivity contribution in [2.24, 2.45) is 5.92 Å². The first kappa shape index (κ1) is 13.0. The van der Waals surface area contributed by atoms with Crippen molar-refractivity contribution in [2.75, 3.05) is 6.61 Å². The molecule has 1 saturated carbocycles. The number of aliphatic hydroxyl groups excluding tert-OH is 1. The number of aryl methyl sites for hydroxylation is 1. The van der Waals surface area contributed by atoms with E-state index in [0.717, 1.165) is 30.5 Å². The van der Waals surface area contributed by atoms with Crippen molar-refractivity contribution >= 4 is 5.91 Å². The Morgan fingerprint density at radius 1 is 1.56 bits per heavy atom. The van der Waals surface area contributed by atoms with Gasteiger partial charge in [-0.1, -0.05) is 12.5 Å². The second-order valence-electron chi connectivity index (χ2n) is 4.99. The van der Waals surface area contributed by atoms with Gasteiger partial charge in [-0.05, 0) is 31.4 Å². The summed E-state index contributed by atoms with van der Waals surface area (Å²) in [6, 6.07) is 3.96. The highest BCUT2D eigenvalue weighted by atomic mass is 16.3. The molecule has 0 aromatic carbocycles. The van der Waals surface area contributed by atoms with Crippen molar-refractivity contribution in [3.05, 3.63) is 29.6 Å². The molecule has 4 heteroatoms. The predicted octanol–water partition coefficient (Wildman–Crippen LogP) is 1.21. The Balaban J connectivity index is 1.91. The maximum absolute atomic E-state index is 11.9. The van der Waals surface area contributed by atoms with E-state index < -0.39 is 0 Å². The third-order valence-electron chi connectivity index (χ3n) is 3.69. The lowest BCUT2D eigenvalue weighted by Gasteiger charge is -2.19. The van der Waals surface area contributed by atoms with Crippen LogP contribution in [0, 0.1) is 12.8 Å². The number of hydrogen-bond donors (Lipinski definition) is 2. The summed E-state index contributed by atoms with van der Waals surface area (Å²) < 4.78 is 0. The van der Waals surface area contributed by atoms with Gasteiger partial charge < -0.3 is 10.4 Å². The van der Waals surface area contributed by atoms with Crippen LogP contribution in [0.2, 0.25) is 0 Å². The van der Waals surface area contributed by atoms with Crippen molar-refractivity contribution in [3.8, 4) is 0 Å². The molecule has 2 atom stereocenters. The molecule has 1 aliphatic rings. The fourth-order valence-corrected chi connectivity index (χ4v) is 2.56. The first-order chi connectivity index (χ1) is 8.70. The summed E-state index contributed by atoms with van der Waals surface area (Å²) in [6.07, 6.45) is 5.09. The lowest BCUT2D eigenvalue weighted by Crippen LogP contribution is -2.39. The molecule has 0 bridgehead atoms. The van der Waals surface area contributed by atoms with Crippen LogP contribution in [0.1, 0.15) is 30.5 Å². The maximum atomic E-state index is 11.9. The number of amides is 1. The van der Waals surface area contributed by atoms with Crippen LogP contribution in [-0.4, -0.2) is 28.6 Å². The molecule has 98 valence electrons. The smallest absolute Gasteiger partial charge is 0.226 e. The Kier molecular flexibility index (Phi) is 4.31. The van der Waals surface area contributed by atoms with Gasteiger partial charge in [0.1, 0.15) is 0 Å². The van der Waals surface area contributed by atoms with Crippen molar-refractivity contribution in [2.45, 2.75) is 38.6 Å². The monoisotopic (exact) mass is 248 g/mol. The first-order valence-electron chi connectivity index (χ1n) is 6.51. The van der Waals surface area contributed by atoms with E-state index in [1.807, 2.05) is 19.1 Å². The van der Waals surface area contributed by atoms with Gasteiger partial charge in [-0.15, -0.1) is 0 Å². The predicted molar refractivity (Wildman–Crippen MR) is 69.0 cm³/mol. The lowest BCUT2D eigenvalue weighted by molar-refractivity contribution is -0.121. The topological polar surface area (TPSA) is 62.2 Å². The number of hydrogen-bond acceptors (Lipinski definition) is 3. The summed E-state index contributed by atoms with van der Waals surface area (Å²) in [5.41, 5.74) is 1.87. The summed E-state index contributed by atoms with van der Waals surface area (Å²) in [7, 11) is 0. The second-order valence-corrected chi connectivity index (χ2v) is 4.99. The van der Waals surface area contributed by atoms with E-state index in [0.29, 0.717) is 6.42 Å². The third kappa shape index (κ3) is 3.07. The molecule has 0 aliphatic heterocycles. The molecule has 1 aliphatic carbocycles. The van der Waals surface area contributed by atoms with E-state index in [4.69, 9.17) is 0 Å². The van der Waals surface area contributed by atoms with Crippen molar-refractivity contribution in [1.82, 2.24) is 10.3 Å². The molecule has 1 aromatic heterocycles. The van der Waals surface area contributed by atoms with Gasteiger partial charge in [-0.3, -0.25) is 9.78 Å². The number of nitrogens with one attached hydrogen (secondary N) is 1. The van der Waals surface area contributed by atoms with Crippen LogP contribution in [0.4, 0.5) is 0 Å². The first-order valence-corrected chi connectivity index (χ1v) is 6.51. The SMILES string of the molecule is Cc1cccnc1CC(=O)NC1CCCC1CO. The van der Waals surface area contributed by atoms with E-state index >= 15 is 0 Å². The highest BCUT2D eigenvalue weighted by Crippen LogP contribution is 2.25. The summed E-state index contributed by atoms with van der Waals surface area (Å²) in [5, 5.41) is 12.2. The lowest BCUT2D eigenvalue weighted by atomic mass is 10.0. The van der Waals surface area contributed by atoms with Crippen LogP contribution in [0.5, 0.6) is 0 Å². The molecular formula is C14H20N2O2. The third-order valence-corrected chi connectivity index (χ3v) is 3.69. The molecule has 2 rings (SSSR count). The molecule has 0 radical (unpaired) electrons. The molecule has 1 amide bonds. The van der Waals surface area contributed by atoms with E-state index in [2.05, 4.69) is 10.3 Å². The maximum Gasteiger partial charge on any atom is 0.226 e. The highest BCUT2D eigenvalue weighted by Gasteiger charge is 2.27. The summed E-state index contributed by atoms with van der Waals surface area (Å²) in [5.74, 6) is 0.223. The number of carbonyl (C=O) groups is 1. The average molecular weight is 248 g/mol. The largest absolute Gasteiger partial charge is 0.396 e. The summed E-state index contributed by atoms with van der Waals surface area (Å²) in [4.78, 5) is 16.2. The van der Waals surface area contributed by atoms with Crippen LogP contribution in [0.3, 0.4) is 0 Å². The number of rotatable bonds is 4. The van der Waals surface area contributed by atoms with Gasteiger partial charge in [0.25, 0.3) is 0 Å². The minimum absolute atomic E-state index is 0.00199. The van der Waals surface area contributed by atoms with Crippen LogP contribution in [0.25, 0.3) is 0 Å². The molecule has 2 unspecified atom stereocenters. The molecule has 4 nitrogen and oxygen atoms in total. The van der Waals surface area contributed by atoms with Gasteiger partial charge in [0.05, 0.1) is 12.1 Å². The number of aromatic nitrogens is 1. The van der Waals surface area contributed by atoms with Crippen LogP contribution < -0.4 is 5.32 Å². The van der Waals surface area contributed by atoms with Crippen molar-refractivity contribution in [1.29, 1.82) is 0 Å². The van der Waals surface area contributed by atoms with Crippen molar-refractivity contribution < 1.29 is 9.90 Å². The molecule has 0 saturated heterocycles. The summed E-state index contributed by atoms with van der Waals surface area (Å²) in [6.45, 7) is 2.12. The van der Waals surface area contributed by atoms with Crippen LogP contribution in [0.15, 0.2) is 18.3 Å². The average Bonchev–Trinajstić information content (AvgIpc) is 2.79. The fraction of sp³-hybridized carbons (Fsp3) is 0.571. The Bertz CT molecular complexity index is 420. The fourth-order valence-electron chi connectivity index (χ4n) is 2.56. The Hall–Kier alpha value is -1.42. The minimum atomic E-state index is 0.00199. The van der Waals surface area contributed by atoms with Gasteiger partial charge in [-0.25, -0.2) is 0 Å². The molecule has 18 heavy (non-hydrogen) atoms. The molecular weight excluding hydrogens is 228 g/mol. The van der Waals surface area contributed by atoms with Gasteiger partial charge in [-0.2, -0.15) is 0 Å². The number of carbonyl (C=O) groups excluding carboxylic acids is 1. The highest BCUT2D eigenvalue weighted by molar-refractivity contribution is 5.78. The molecule has 1 heterocycles. The Morgan fingerprint density at radius 2 is 2.39 bits per heavy atom. The standard InChI is InChI=1S/C14H20N2O2/c1-10-4-3-7-15-13(10)8-14(18)16-12-6-2-5-11(12)9-17/h3-4,7,11-12,17H,2,5-6,8-9H2,1H3,(H,16,18). The molecule has 1 aromatic rings. The number of aliphatic hydroxyl groups is 1. The van der Waals surface area contributed by atoms with Gasteiger partial charge in [0.2, 0.25) is 5.91 Å². The quantitative estimate of drug-likeness (QED) is 0.842. The van der Waals surface area contributed by atoms with E-state index in [-0.39, 0.29) is 24.5 Å². The zero-order chi connectivity index (χ0) is 13.0. The Labute approximate surface area is 107 Å². The molecule has 2 N–H and O–H groups in total. The van der Waals surface area contributed by atoms with Gasteiger partial charge >= 0.3 is 0 Å². The number of nitrogens with zero attached hydrogens (tertiary/aromatic N) is 1. The Morgan fingerprint density at radius 3 is 3.11 bits per heavy atom. The normalized spacial score (nSPS) is 23.0. The molecule has 0 spiro atoms. The zero-order valence-electron chi connectivity index (χ0n) is 10.7. The van der Waals surface area contributed by atoms with Gasteiger partial charge in [0, 0.05) is 24.8 Å². The van der Waals surface area contributed by atoms with E-state index in [1.165, 1.54) is 0 Å². The minimum Gasteiger partial charge on any atom is -0.396 e. The second kappa shape index (κ2) is 5.96. The van der Waals surface area contributed by atoms with Gasteiger partial charge in [0.15, 0.2) is 0 Å². The van der Waals surface area contributed by atoms with Crippen LogP contribution >= 0.6 is 0 Å². The van der Waals surface area contributed by atoms with Crippen LogP contribution in [-0.2, 0) is 11.2 Å². The zero-order valence-corrected chi connectivity index (χ0v) is 10.7. The van der Waals surface area contributed by atoms with E-state index in [9.17, 15) is 9.90 Å². The number of pyridine rings is 1. The van der Waals surface area contributed by atoms with E-state index in [1.54, 1.807) is 6.20 Å². The van der Waals surface area contributed by atoms with Crippen molar-refractivity contribution in [3.63, 3.8) is 0 Å².